The maximum absolute atomic E-state index is 2.52. The first-order valence-corrected chi connectivity index (χ1v) is 18.1. The van der Waals surface area contributed by atoms with Crippen molar-refractivity contribution in [3.05, 3.63) is 163 Å². The Balaban J connectivity index is 1.39. The SMILES string of the molecule is CC(C)(C)c1ccc(-c2ccccc2N(c2ccccc2-c2cccc3cccc(C4CCCCC4)c23)c2cccc3ccccc23)cc1. The molecule has 7 aromatic rings. The van der Waals surface area contributed by atoms with E-state index in [1.54, 1.807) is 0 Å². The van der Waals surface area contributed by atoms with Gasteiger partial charge in [0.25, 0.3) is 0 Å². The minimum absolute atomic E-state index is 0.0981. The topological polar surface area (TPSA) is 3.24 Å². The number of hydrogen-bond acceptors (Lipinski definition) is 1. The van der Waals surface area contributed by atoms with Gasteiger partial charge < -0.3 is 4.90 Å². The molecule has 0 aliphatic heterocycles. The largest absolute Gasteiger partial charge is 0.309 e. The van der Waals surface area contributed by atoms with Crippen molar-refractivity contribution in [2.75, 3.05) is 4.90 Å². The van der Waals surface area contributed by atoms with Crippen LogP contribution in [0.25, 0.3) is 43.8 Å². The average molecular weight is 636 g/mol. The maximum Gasteiger partial charge on any atom is 0.0540 e. The zero-order chi connectivity index (χ0) is 33.4. The summed E-state index contributed by atoms with van der Waals surface area (Å²) in [5.41, 5.74) is 11.5. The van der Waals surface area contributed by atoms with Gasteiger partial charge in [-0.15, -0.1) is 0 Å². The van der Waals surface area contributed by atoms with E-state index in [2.05, 4.69) is 177 Å². The van der Waals surface area contributed by atoms with Crippen molar-refractivity contribution in [3.8, 4) is 22.3 Å². The predicted octanol–water partition coefficient (Wildman–Crippen LogP) is 14.1. The van der Waals surface area contributed by atoms with Gasteiger partial charge in [0.2, 0.25) is 0 Å². The first kappa shape index (κ1) is 31.1. The second-order valence-corrected chi connectivity index (χ2v) is 14.8. The van der Waals surface area contributed by atoms with E-state index in [0.29, 0.717) is 5.92 Å². The summed E-state index contributed by atoms with van der Waals surface area (Å²) in [5, 5.41) is 5.21. The van der Waals surface area contributed by atoms with Gasteiger partial charge in [-0.3, -0.25) is 0 Å². The molecular weight excluding hydrogens is 591 g/mol. The van der Waals surface area contributed by atoms with Gasteiger partial charge in [-0.25, -0.2) is 0 Å². The molecule has 0 heterocycles. The molecule has 1 aliphatic carbocycles. The van der Waals surface area contributed by atoms with Crippen molar-refractivity contribution in [2.45, 2.75) is 64.2 Å². The second-order valence-electron chi connectivity index (χ2n) is 14.8. The molecule has 1 nitrogen and oxygen atoms in total. The van der Waals surface area contributed by atoms with Crippen molar-refractivity contribution in [2.24, 2.45) is 0 Å². The number of benzene rings is 7. The highest BCUT2D eigenvalue weighted by Crippen LogP contribution is 2.49. The summed E-state index contributed by atoms with van der Waals surface area (Å²) < 4.78 is 0. The Morgan fingerprint density at radius 3 is 1.78 bits per heavy atom. The lowest BCUT2D eigenvalue weighted by Crippen LogP contribution is -2.13. The molecule has 49 heavy (non-hydrogen) atoms. The summed E-state index contributed by atoms with van der Waals surface area (Å²) in [6.45, 7) is 6.84. The zero-order valence-corrected chi connectivity index (χ0v) is 29.0. The normalized spacial score (nSPS) is 13.9. The van der Waals surface area contributed by atoms with Crippen LogP contribution in [0.3, 0.4) is 0 Å². The Morgan fingerprint density at radius 1 is 0.469 bits per heavy atom. The van der Waals surface area contributed by atoms with E-state index in [-0.39, 0.29) is 5.41 Å². The lowest BCUT2D eigenvalue weighted by atomic mass is 9.80. The van der Waals surface area contributed by atoms with Crippen LogP contribution in [0.5, 0.6) is 0 Å². The van der Waals surface area contributed by atoms with E-state index >= 15 is 0 Å². The van der Waals surface area contributed by atoms with E-state index in [9.17, 15) is 0 Å². The lowest BCUT2D eigenvalue weighted by Gasteiger charge is -2.31. The van der Waals surface area contributed by atoms with Crippen molar-refractivity contribution >= 4 is 38.6 Å². The molecule has 242 valence electrons. The molecule has 1 fully saturated rings. The molecule has 1 heteroatoms. The third kappa shape index (κ3) is 5.93. The number of fused-ring (bicyclic) bond motifs is 2. The quantitative estimate of drug-likeness (QED) is 0.176. The van der Waals surface area contributed by atoms with Crippen molar-refractivity contribution in [1.82, 2.24) is 0 Å². The summed E-state index contributed by atoms with van der Waals surface area (Å²) in [6, 6.07) is 56.5. The smallest absolute Gasteiger partial charge is 0.0540 e. The second kappa shape index (κ2) is 13.1. The lowest BCUT2D eigenvalue weighted by molar-refractivity contribution is 0.445. The summed E-state index contributed by atoms with van der Waals surface area (Å²) in [5.74, 6) is 0.608. The van der Waals surface area contributed by atoms with E-state index in [0.717, 1.165) is 0 Å². The molecule has 0 N–H and O–H groups in total. The minimum Gasteiger partial charge on any atom is -0.309 e. The number of anilines is 3. The molecule has 8 rings (SSSR count). The molecule has 0 amide bonds. The van der Waals surface area contributed by atoms with E-state index in [1.807, 2.05) is 0 Å². The van der Waals surface area contributed by atoms with Crippen molar-refractivity contribution < 1.29 is 0 Å². The summed E-state index contributed by atoms with van der Waals surface area (Å²) in [6.07, 6.45) is 6.55. The Labute approximate surface area is 291 Å². The van der Waals surface area contributed by atoms with Gasteiger partial charge >= 0.3 is 0 Å². The Kier molecular flexibility index (Phi) is 8.30. The van der Waals surface area contributed by atoms with Crippen LogP contribution in [-0.2, 0) is 5.41 Å². The fourth-order valence-electron chi connectivity index (χ4n) is 8.10. The first-order valence-electron chi connectivity index (χ1n) is 18.1. The first-order chi connectivity index (χ1) is 24.0. The predicted molar refractivity (Wildman–Crippen MR) is 212 cm³/mol. The highest BCUT2D eigenvalue weighted by molar-refractivity contribution is 6.07. The number of hydrogen-bond donors (Lipinski definition) is 0. The highest BCUT2D eigenvalue weighted by Gasteiger charge is 2.25. The van der Waals surface area contributed by atoms with Gasteiger partial charge in [-0.05, 0) is 80.8 Å². The van der Waals surface area contributed by atoms with Crippen LogP contribution < -0.4 is 4.90 Å². The Bertz CT molecular complexity index is 2240. The van der Waals surface area contributed by atoms with Gasteiger partial charge in [-0.2, -0.15) is 0 Å². The van der Waals surface area contributed by atoms with Gasteiger partial charge in [0.15, 0.2) is 0 Å². The van der Waals surface area contributed by atoms with E-state index < -0.39 is 0 Å². The van der Waals surface area contributed by atoms with Gasteiger partial charge in [0.1, 0.15) is 0 Å². The molecule has 0 aromatic heterocycles. The molecule has 0 unspecified atom stereocenters. The van der Waals surface area contributed by atoms with Crippen LogP contribution in [0, 0.1) is 0 Å². The van der Waals surface area contributed by atoms with Gasteiger partial charge in [0, 0.05) is 16.5 Å². The molecule has 0 saturated heterocycles. The van der Waals surface area contributed by atoms with Crippen LogP contribution in [0.15, 0.2) is 152 Å². The summed E-state index contributed by atoms with van der Waals surface area (Å²) in [4.78, 5) is 2.52. The molecule has 1 saturated carbocycles. The number of nitrogens with zero attached hydrogens (tertiary/aromatic N) is 1. The van der Waals surface area contributed by atoms with E-state index in [1.165, 1.54) is 104 Å². The van der Waals surface area contributed by atoms with Gasteiger partial charge in [-0.1, -0.05) is 173 Å². The molecule has 0 spiro atoms. The molecule has 7 aromatic carbocycles. The maximum atomic E-state index is 2.52. The summed E-state index contributed by atoms with van der Waals surface area (Å²) >= 11 is 0. The average Bonchev–Trinajstić information content (AvgIpc) is 3.15. The molecule has 1 aliphatic rings. The molecule has 0 bridgehead atoms. The highest BCUT2D eigenvalue weighted by atomic mass is 15.1. The molecular formula is C48H45N. The summed E-state index contributed by atoms with van der Waals surface area (Å²) in [7, 11) is 0. The van der Waals surface area contributed by atoms with Crippen LogP contribution in [0.2, 0.25) is 0 Å². The Morgan fingerprint density at radius 2 is 1.02 bits per heavy atom. The number of para-hydroxylation sites is 2. The zero-order valence-electron chi connectivity index (χ0n) is 29.0. The van der Waals surface area contributed by atoms with Crippen molar-refractivity contribution in [3.63, 3.8) is 0 Å². The number of rotatable bonds is 6. The van der Waals surface area contributed by atoms with Crippen LogP contribution >= 0.6 is 0 Å². The monoisotopic (exact) mass is 635 g/mol. The van der Waals surface area contributed by atoms with Crippen molar-refractivity contribution in [1.29, 1.82) is 0 Å². The van der Waals surface area contributed by atoms with Gasteiger partial charge in [0.05, 0.1) is 17.1 Å². The van der Waals surface area contributed by atoms with Crippen LogP contribution in [-0.4, -0.2) is 0 Å². The van der Waals surface area contributed by atoms with Crippen LogP contribution in [0.4, 0.5) is 17.1 Å². The minimum atomic E-state index is 0.0981. The standard InChI is InChI=1S/C48H45N/c1-48(2,3)38-32-30-36(31-33-38)40-23-9-11-27-44(40)49(45-29-15-19-34-18-7-8-22-39(34)45)46-28-12-10-24-42(46)43-26-14-21-37-20-13-25-41(47(37)43)35-16-5-4-6-17-35/h7-15,18-33,35H,4-6,16-17H2,1-3H3. The molecule has 0 radical (unpaired) electrons. The fraction of sp³-hybridized carbons (Fsp3) is 0.208. The molecule has 0 atom stereocenters. The third-order valence-corrected chi connectivity index (χ3v) is 10.6. The van der Waals surface area contributed by atoms with E-state index in [4.69, 9.17) is 0 Å². The van der Waals surface area contributed by atoms with Crippen LogP contribution in [0.1, 0.15) is 69.9 Å². The fourth-order valence-corrected chi connectivity index (χ4v) is 8.10. The third-order valence-electron chi connectivity index (χ3n) is 10.6. The Hall–Kier alpha value is -5.14.